The highest BCUT2D eigenvalue weighted by molar-refractivity contribution is 7.89. The molecule has 184 valence electrons. The number of carbonyl (C=O) groups excluding carboxylic acids is 1. The van der Waals surface area contributed by atoms with E-state index in [0.29, 0.717) is 25.5 Å². The Hall–Kier alpha value is -2.39. The molecule has 2 aliphatic rings. The van der Waals surface area contributed by atoms with E-state index >= 15 is 0 Å². The van der Waals surface area contributed by atoms with E-state index in [0.717, 1.165) is 37.8 Å². The summed E-state index contributed by atoms with van der Waals surface area (Å²) in [5, 5.41) is 3.11. The average Bonchev–Trinajstić information content (AvgIpc) is 3.33. The predicted octanol–water partition coefficient (Wildman–Crippen LogP) is 4.73. The molecule has 1 saturated carbocycles. The van der Waals surface area contributed by atoms with Crippen molar-refractivity contribution >= 4 is 15.9 Å². The van der Waals surface area contributed by atoms with E-state index in [1.165, 1.54) is 15.9 Å². The monoisotopic (exact) mass is 494 g/mol. The van der Waals surface area contributed by atoms with Crippen molar-refractivity contribution in [1.82, 2.24) is 9.62 Å². The molecule has 0 spiro atoms. The number of nitrogens with one attached hydrogen (secondary N) is 1. The summed E-state index contributed by atoms with van der Waals surface area (Å²) >= 11 is 0. The molecule has 1 heterocycles. The first-order valence-electron chi connectivity index (χ1n) is 11.6. The van der Waals surface area contributed by atoms with Crippen LogP contribution in [0.5, 0.6) is 0 Å². The van der Waals surface area contributed by atoms with E-state index < -0.39 is 21.8 Å². The Labute approximate surface area is 198 Å². The lowest BCUT2D eigenvalue weighted by atomic mass is 9.78. The summed E-state index contributed by atoms with van der Waals surface area (Å²) in [7, 11) is -4.06. The predicted molar refractivity (Wildman–Crippen MR) is 123 cm³/mol. The van der Waals surface area contributed by atoms with Gasteiger partial charge in [-0.25, -0.2) is 8.42 Å². The van der Waals surface area contributed by atoms with Gasteiger partial charge < -0.3 is 5.32 Å². The number of benzene rings is 2. The fourth-order valence-corrected chi connectivity index (χ4v) is 6.67. The van der Waals surface area contributed by atoms with Crippen molar-refractivity contribution in [3.63, 3.8) is 0 Å². The number of halogens is 3. The molecule has 0 aromatic heterocycles. The third kappa shape index (κ3) is 5.15. The number of hydrogen-bond donors (Lipinski definition) is 1. The third-order valence-corrected chi connectivity index (χ3v) is 9.07. The van der Waals surface area contributed by atoms with E-state index in [-0.39, 0.29) is 35.2 Å². The lowest BCUT2D eigenvalue weighted by molar-refractivity contribution is -0.137. The molecule has 5 nitrogen and oxygen atoms in total. The van der Waals surface area contributed by atoms with E-state index in [4.69, 9.17) is 0 Å². The normalized spacial score (nSPS) is 19.7. The van der Waals surface area contributed by atoms with Crippen molar-refractivity contribution < 1.29 is 26.4 Å². The molecule has 1 aliphatic carbocycles. The molecule has 1 amide bonds. The fraction of sp³-hybridized carbons (Fsp3) is 0.480. The Morgan fingerprint density at radius 3 is 2.26 bits per heavy atom. The molecule has 1 aliphatic heterocycles. The highest BCUT2D eigenvalue weighted by Crippen LogP contribution is 2.40. The van der Waals surface area contributed by atoms with Crippen molar-refractivity contribution in [3.8, 4) is 0 Å². The van der Waals surface area contributed by atoms with Crippen molar-refractivity contribution in [1.29, 1.82) is 0 Å². The number of alkyl halides is 3. The van der Waals surface area contributed by atoms with Gasteiger partial charge in [0.05, 0.1) is 10.5 Å². The van der Waals surface area contributed by atoms with Crippen molar-refractivity contribution in [3.05, 3.63) is 65.7 Å². The number of carbonyl (C=O) groups is 1. The average molecular weight is 495 g/mol. The SMILES string of the molecule is O=C(NCC1(c2ccccc2)CCCC1)C1CCN(S(=O)(=O)c2cccc(C(F)(F)F)c2)CC1. The van der Waals surface area contributed by atoms with E-state index in [2.05, 4.69) is 17.4 Å². The highest BCUT2D eigenvalue weighted by atomic mass is 32.2. The number of rotatable bonds is 6. The van der Waals surface area contributed by atoms with Gasteiger partial charge in [-0.3, -0.25) is 4.79 Å². The molecule has 2 fully saturated rings. The second-order valence-corrected chi connectivity index (χ2v) is 11.2. The number of sulfonamides is 1. The summed E-state index contributed by atoms with van der Waals surface area (Å²) in [6, 6.07) is 14.0. The van der Waals surface area contributed by atoms with Gasteiger partial charge in [-0.05, 0) is 49.4 Å². The summed E-state index contributed by atoms with van der Waals surface area (Å²) in [6.07, 6.45) is 0.334. The largest absolute Gasteiger partial charge is 0.416 e. The Kier molecular flexibility index (Phi) is 7.05. The minimum absolute atomic E-state index is 0.0650. The van der Waals surface area contributed by atoms with Crippen LogP contribution >= 0.6 is 0 Å². The second-order valence-electron chi connectivity index (χ2n) is 9.28. The first-order chi connectivity index (χ1) is 16.1. The molecule has 34 heavy (non-hydrogen) atoms. The summed E-state index contributed by atoms with van der Waals surface area (Å²) in [4.78, 5) is 12.5. The van der Waals surface area contributed by atoms with Crippen LogP contribution in [-0.2, 0) is 26.4 Å². The van der Waals surface area contributed by atoms with Gasteiger partial charge >= 0.3 is 6.18 Å². The quantitative estimate of drug-likeness (QED) is 0.631. The summed E-state index contributed by atoms with van der Waals surface area (Å²) in [6.45, 7) is 0.750. The van der Waals surface area contributed by atoms with Crippen LogP contribution in [0.4, 0.5) is 13.2 Å². The lowest BCUT2D eigenvalue weighted by Gasteiger charge is -2.33. The summed E-state index contributed by atoms with van der Waals surface area (Å²) < 4.78 is 66.0. The third-order valence-electron chi connectivity index (χ3n) is 7.17. The maximum Gasteiger partial charge on any atom is 0.416 e. The maximum atomic E-state index is 13.0. The molecule has 1 N–H and O–H groups in total. The Morgan fingerprint density at radius 1 is 1.00 bits per heavy atom. The summed E-state index contributed by atoms with van der Waals surface area (Å²) in [5.74, 6) is -0.402. The smallest absolute Gasteiger partial charge is 0.355 e. The van der Waals surface area contributed by atoms with Crippen LogP contribution in [0.1, 0.15) is 49.7 Å². The number of hydrogen-bond acceptors (Lipinski definition) is 3. The van der Waals surface area contributed by atoms with Gasteiger partial charge in [0.1, 0.15) is 0 Å². The zero-order valence-electron chi connectivity index (χ0n) is 18.9. The number of nitrogens with zero attached hydrogens (tertiary/aromatic N) is 1. The summed E-state index contributed by atoms with van der Waals surface area (Å²) in [5.41, 5.74) is 0.168. The lowest BCUT2D eigenvalue weighted by Crippen LogP contribution is -2.45. The van der Waals surface area contributed by atoms with Crippen molar-refractivity contribution in [2.45, 2.75) is 55.0 Å². The first-order valence-corrected chi connectivity index (χ1v) is 13.1. The minimum atomic E-state index is -4.62. The Balaban J connectivity index is 1.37. The molecule has 4 rings (SSSR count). The molecule has 0 bridgehead atoms. The Morgan fingerprint density at radius 2 is 1.65 bits per heavy atom. The second kappa shape index (κ2) is 9.70. The van der Waals surface area contributed by atoms with Crippen LogP contribution in [0.15, 0.2) is 59.5 Å². The topological polar surface area (TPSA) is 66.5 Å². The standard InChI is InChI=1S/C25H29F3N2O3S/c26-25(27,28)21-9-6-10-22(17-21)34(32,33)30-15-11-19(12-16-30)23(31)29-18-24(13-4-5-14-24)20-7-2-1-3-8-20/h1-3,6-10,17,19H,4-5,11-16,18H2,(H,29,31). The molecule has 2 aromatic carbocycles. The van der Waals surface area contributed by atoms with Gasteiger partial charge in [0.25, 0.3) is 0 Å². The van der Waals surface area contributed by atoms with Crippen LogP contribution in [0.25, 0.3) is 0 Å². The minimum Gasteiger partial charge on any atom is -0.355 e. The van der Waals surface area contributed by atoms with Crippen molar-refractivity contribution in [2.75, 3.05) is 19.6 Å². The van der Waals surface area contributed by atoms with Gasteiger partial charge in [0, 0.05) is 31.0 Å². The molecule has 9 heteroatoms. The van der Waals surface area contributed by atoms with Crippen LogP contribution in [0.3, 0.4) is 0 Å². The van der Waals surface area contributed by atoms with E-state index in [9.17, 15) is 26.4 Å². The molecule has 2 aromatic rings. The van der Waals surface area contributed by atoms with Gasteiger partial charge in [-0.15, -0.1) is 0 Å². The number of amides is 1. The zero-order valence-corrected chi connectivity index (χ0v) is 19.7. The maximum absolute atomic E-state index is 13.0. The first kappa shape index (κ1) is 24.7. The van der Waals surface area contributed by atoms with E-state index in [1.807, 2.05) is 18.2 Å². The molecule has 0 atom stereocenters. The molecule has 0 radical (unpaired) electrons. The molecular weight excluding hydrogens is 465 g/mol. The van der Waals surface area contributed by atoms with Crippen LogP contribution in [-0.4, -0.2) is 38.3 Å². The molecular formula is C25H29F3N2O3S. The van der Waals surface area contributed by atoms with E-state index in [1.54, 1.807) is 0 Å². The van der Waals surface area contributed by atoms with Crippen LogP contribution in [0.2, 0.25) is 0 Å². The zero-order chi connectivity index (χ0) is 24.4. The van der Waals surface area contributed by atoms with Gasteiger partial charge in [-0.1, -0.05) is 49.2 Å². The molecule has 1 saturated heterocycles. The molecule has 0 unspecified atom stereocenters. The highest BCUT2D eigenvalue weighted by Gasteiger charge is 2.38. The van der Waals surface area contributed by atoms with Gasteiger partial charge in [0.15, 0.2) is 0 Å². The number of piperidine rings is 1. The van der Waals surface area contributed by atoms with Crippen LogP contribution in [0, 0.1) is 5.92 Å². The van der Waals surface area contributed by atoms with Gasteiger partial charge in [0.2, 0.25) is 15.9 Å². The van der Waals surface area contributed by atoms with Gasteiger partial charge in [-0.2, -0.15) is 17.5 Å². The Bertz CT molecular complexity index is 1110. The fourth-order valence-electron chi connectivity index (χ4n) is 5.15. The van der Waals surface area contributed by atoms with Crippen LogP contribution < -0.4 is 5.32 Å². The van der Waals surface area contributed by atoms with Crippen molar-refractivity contribution in [2.24, 2.45) is 5.92 Å².